The minimum atomic E-state index is -0.951. The summed E-state index contributed by atoms with van der Waals surface area (Å²) >= 11 is 0. The Hall–Kier alpha value is -2.74. The van der Waals surface area contributed by atoms with Crippen molar-refractivity contribution in [1.82, 2.24) is 15.1 Å². The van der Waals surface area contributed by atoms with Gasteiger partial charge in [-0.1, -0.05) is 6.92 Å². The van der Waals surface area contributed by atoms with Gasteiger partial charge in [-0.2, -0.15) is 0 Å². The van der Waals surface area contributed by atoms with E-state index in [1.165, 1.54) is 0 Å². The molecule has 148 valence electrons. The standard InChI is InChI=1S/C20H23N3O5/c1-2-22-9-7-12(8-10-22)28-13-3-4-14-15(11-13)20(27)23(19(14)26)16-5-6-17(24)21-18(16)25/h3-4,11-12,16H,2,5-10H2,1H3,(H,21,24,25). The van der Waals surface area contributed by atoms with Crippen LogP contribution in [0, 0.1) is 0 Å². The summed E-state index contributed by atoms with van der Waals surface area (Å²) in [4.78, 5) is 52.3. The summed E-state index contributed by atoms with van der Waals surface area (Å²) in [5, 5.41) is 2.20. The van der Waals surface area contributed by atoms with Gasteiger partial charge in [-0.25, -0.2) is 0 Å². The van der Waals surface area contributed by atoms with Gasteiger partial charge in [0.15, 0.2) is 0 Å². The minimum absolute atomic E-state index is 0.0827. The smallest absolute Gasteiger partial charge is 0.262 e. The predicted molar refractivity (Wildman–Crippen MR) is 98.9 cm³/mol. The van der Waals surface area contributed by atoms with Crippen LogP contribution < -0.4 is 10.1 Å². The molecule has 4 rings (SSSR count). The molecular formula is C20H23N3O5. The van der Waals surface area contributed by atoms with E-state index in [0.29, 0.717) is 5.75 Å². The number of amides is 4. The second-order valence-corrected chi connectivity index (χ2v) is 7.41. The molecule has 1 aromatic carbocycles. The molecule has 2 saturated heterocycles. The second-order valence-electron chi connectivity index (χ2n) is 7.41. The average molecular weight is 385 g/mol. The molecule has 3 heterocycles. The summed E-state index contributed by atoms with van der Waals surface area (Å²) < 4.78 is 6.04. The van der Waals surface area contributed by atoms with Crippen LogP contribution in [0.15, 0.2) is 18.2 Å². The van der Waals surface area contributed by atoms with Crippen LogP contribution in [0.4, 0.5) is 0 Å². The minimum Gasteiger partial charge on any atom is -0.490 e. The van der Waals surface area contributed by atoms with Crippen molar-refractivity contribution in [1.29, 1.82) is 0 Å². The first-order valence-corrected chi connectivity index (χ1v) is 9.72. The average Bonchev–Trinajstić information content (AvgIpc) is 2.93. The van der Waals surface area contributed by atoms with Crippen molar-refractivity contribution in [3.8, 4) is 5.75 Å². The summed E-state index contributed by atoms with van der Waals surface area (Å²) in [6.45, 7) is 5.12. The third kappa shape index (κ3) is 3.28. The number of nitrogens with zero attached hydrogens (tertiary/aromatic N) is 2. The van der Waals surface area contributed by atoms with Crippen molar-refractivity contribution < 1.29 is 23.9 Å². The molecule has 2 fully saturated rings. The maximum absolute atomic E-state index is 12.8. The van der Waals surface area contributed by atoms with Crippen LogP contribution in [0.3, 0.4) is 0 Å². The number of imide groups is 2. The predicted octanol–water partition coefficient (Wildman–Crippen LogP) is 0.951. The Kier molecular flexibility index (Phi) is 4.89. The first kappa shape index (κ1) is 18.6. The van der Waals surface area contributed by atoms with Gasteiger partial charge in [0, 0.05) is 19.5 Å². The molecule has 28 heavy (non-hydrogen) atoms. The van der Waals surface area contributed by atoms with Gasteiger partial charge in [-0.3, -0.25) is 29.4 Å². The van der Waals surface area contributed by atoms with Crippen molar-refractivity contribution in [3.05, 3.63) is 29.3 Å². The summed E-state index contributed by atoms with van der Waals surface area (Å²) in [5.74, 6) is -1.45. The van der Waals surface area contributed by atoms with Crippen molar-refractivity contribution in [2.45, 2.75) is 44.8 Å². The monoisotopic (exact) mass is 385 g/mol. The van der Waals surface area contributed by atoms with E-state index in [1.807, 2.05) is 0 Å². The van der Waals surface area contributed by atoms with Crippen LogP contribution in [-0.4, -0.2) is 65.2 Å². The Morgan fingerprint density at radius 1 is 1.04 bits per heavy atom. The second kappa shape index (κ2) is 7.35. The lowest BCUT2D eigenvalue weighted by Crippen LogP contribution is -2.54. The third-order valence-electron chi connectivity index (χ3n) is 5.70. The highest BCUT2D eigenvalue weighted by molar-refractivity contribution is 6.23. The highest BCUT2D eigenvalue weighted by atomic mass is 16.5. The topological polar surface area (TPSA) is 96.0 Å². The van der Waals surface area contributed by atoms with E-state index in [4.69, 9.17) is 4.74 Å². The SMILES string of the molecule is CCN1CCC(Oc2ccc3c(c2)C(=O)N(C2CCC(=O)NC2=O)C3=O)CC1. The Balaban J connectivity index is 1.50. The lowest BCUT2D eigenvalue weighted by atomic mass is 10.0. The molecule has 1 unspecified atom stereocenters. The summed E-state index contributed by atoms with van der Waals surface area (Å²) in [5.41, 5.74) is 0.515. The third-order valence-corrected chi connectivity index (χ3v) is 5.70. The van der Waals surface area contributed by atoms with Gasteiger partial charge >= 0.3 is 0 Å². The summed E-state index contributed by atoms with van der Waals surface area (Å²) in [7, 11) is 0. The molecule has 4 amide bonds. The van der Waals surface area contributed by atoms with Crippen molar-refractivity contribution in [2.24, 2.45) is 0 Å². The highest BCUT2D eigenvalue weighted by Crippen LogP contribution is 2.31. The molecule has 1 atom stereocenters. The number of ether oxygens (including phenoxy) is 1. The largest absolute Gasteiger partial charge is 0.490 e. The fourth-order valence-corrected chi connectivity index (χ4v) is 4.06. The molecule has 1 aromatic rings. The molecule has 3 aliphatic rings. The summed E-state index contributed by atoms with van der Waals surface area (Å²) in [6, 6.07) is 3.92. The molecule has 0 spiro atoms. The van der Waals surface area contributed by atoms with E-state index in [-0.39, 0.29) is 36.0 Å². The van der Waals surface area contributed by atoms with Gasteiger partial charge in [0.25, 0.3) is 11.8 Å². The number of piperidine rings is 2. The van der Waals surface area contributed by atoms with Gasteiger partial charge in [0.05, 0.1) is 11.1 Å². The number of nitrogens with one attached hydrogen (secondary N) is 1. The number of carbonyl (C=O) groups is 4. The van der Waals surface area contributed by atoms with E-state index in [0.717, 1.165) is 37.4 Å². The zero-order valence-electron chi connectivity index (χ0n) is 15.8. The van der Waals surface area contributed by atoms with Gasteiger partial charge < -0.3 is 9.64 Å². The molecule has 8 nitrogen and oxygen atoms in total. The van der Waals surface area contributed by atoms with Gasteiger partial charge in [-0.15, -0.1) is 0 Å². The Bertz CT molecular complexity index is 844. The maximum Gasteiger partial charge on any atom is 0.262 e. The maximum atomic E-state index is 12.8. The number of hydrogen-bond donors (Lipinski definition) is 1. The molecule has 0 aromatic heterocycles. The first-order chi connectivity index (χ1) is 13.5. The molecule has 0 saturated carbocycles. The van der Waals surface area contributed by atoms with Gasteiger partial charge in [-0.05, 0) is 44.0 Å². The zero-order chi connectivity index (χ0) is 19.8. The molecule has 0 radical (unpaired) electrons. The number of carbonyl (C=O) groups excluding carboxylic acids is 4. The first-order valence-electron chi connectivity index (χ1n) is 9.72. The van der Waals surface area contributed by atoms with Crippen molar-refractivity contribution in [3.63, 3.8) is 0 Å². The van der Waals surface area contributed by atoms with Crippen LogP contribution in [0.2, 0.25) is 0 Å². The van der Waals surface area contributed by atoms with Gasteiger partial charge in [0.2, 0.25) is 11.8 Å². The Morgan fingerprint density at radius 3 is 2.43 bits per heavy atom. The molecular weight excluding hydrogens is 362 g/mol. The molecule has 3 aliphatic heterocycles. The Morgan fingerprint density at radius 2 is 1.75 bits per heavy atom. The van der Waals surface area contributed by atoms with E-state index in [9.17, 15) is 19.2 Å². The van der Waals surface area contributed by atoms with Gasteiger partial charge in [0.1, 0.15) is 17.9 Å². The number of likely N-dealkylation sites (tertiary alicyclic amines) is 1. The van der Waals surface area contributed by atoms with Crippen molar-refractivity contribution >= 4 is 23.6 Å². The van der Waals surface area contributed by atoms with E-state index < -0.39 is 23.8 Å². The summed E-state index contributed by atoms with van der Waals surface area (Å²) in [6.07, 6.45) is 2.17. The molecule has 0 bridgehead atoms. The van der Waals surface area contributed by atoms with Crippen LogP contribution in [0.5, 0.6) is 5.75 Å². The van der Waals surface area contributed by atoms with Crippen LogP contribution in [-0.2, 0) is 9.59 Å². The fraction of sp³-hybridized carbons (Fsp3) is 0.500. The van der Waals surface area contributed by atoms with Crippen LogP contribution in [0.25, 0.3) is 0 Å². The molecule has 0 aliphatic carbocycles. The fourth-order valence-electron chi connectivity index (χ4n) is 4.06. The number of rotatable bonds is 4. The normalized spacial score (nSPS) is 23.8. The lowest BCUT2D eigenvalue weighted by molar-refractivity contribution is -0.136. The zero-order valence-corrected chi connectivity index (χ0v) is 15.8. The number of hydrogen-bond acceptors (Lipinski definition) is 6. The van der Waals surface area contributed by atoms with E-state index >= 15 is 0 Å². The van der Waals surface area contributed by atoms with Crippen LogP contribution >= 0.6 is 0 Å². The van der Waals surface area contributed by atoms with Crippen molar-refractivity contribution in [2.75, 3.05) is 19.6 Å². The molecule has 1 N–H and O–H groups in total. The number of fused-ring (bicyclic) bond motifs is 1. The van der Waals surface area contributed by atoms with E-state index in [1.54, 1.807) is 18.2 Å². The highest BCUT2D eigenvalue weighted by Gasteiger charge is 2.44. The molecule has 8 heteroatoms. The Labute approximate surface area is 162 Å². The van der Waals surface area contributed by atoms with E-state index in [2.05, 4.69) is 17.1 Å². The number of benzene rings is 1. The lowest BCUT2D eigenvalue weighted by Gasteiger charge is -2.31. The quantitative estimate of drug-likeness (QED) is 0.776. The van der Waals surface area contributed by atoms with Crippen LogP contribution in [0.1, 0.15) is 53.3 Å².